The predicted octanol–water partition coefficient (Wildman–Crippen LogP) is 2.65. The van der Waals surface area contributed by atoms with Gasteiger partial charge in [-0.25, -0.2) is 0 Å². The number of benzene rings is 2. The normalized spacial score (nSPS) is 14.8. The Bertz CT molecular complexity index is 953. The summed E-state index contributed by atoms with van der Waals surface area (Å²) in [5.41, 5.74) is 1.07. The number of carbonyl (C=O) groups is 3. The summed E-state index contributed by atoms with van der Waals surface area (Å²) in [5.74, 6) is -0.0514. The van der Waals surface area contributed by atoms with Crippen LogP contribution in [0.25, 0.3) is 0 Å². The topological polar surface area (TPSA) is 87.7 Å². The third-order valence-corrected chi connectivity index (χ3v) is 5.64. The Kier molecular flexibility index (Phi) is 8.02. The van der Waals surface area contributed by atoms with Crippen molar-refractivity contribution in [1.82, 2.24) is 15.5 Å². The summed E-state index contributed by atoms with van der Waals surface area (Å²) in [7, 11) is 1.57. The lowest BCUT2D eigenvalue weighted by Crippen LogP contribution is -2.53. The van der Waals surface area contributed by atoms with E-state index in [2.05, 4.69) is 17.2 Å². The van der Waals surface area contributed by atoms with Crippen LogP contribution in [0.2, 0.25) is 0 Å². The molecule has 0 aromatic heterocycles. The van der Waals surface area contributed by atoms with Gasteiger partial charge >= 0.3 is 0 Å². The van der Waals surface area contributed by atoms with Crippen LogP contribution in [0.15, 0.2) is 67.3 Å². The number of ether oxygens (including phenoxy) is 1. The van der Waals surface area contributed by atoms with Crippen molar-refractivity contribution >= 4 is 17.7 Å². The van der Waals surface area contributed by atoms with Gasteiger partial charge in [0.1, 0.15) is 11.8 Å². The van der Waals surface area contributed by atoms with Crippen molar-refractivity contribution in [3.63, 3.8) is 0 Å². The van der Waals surface area contributed by atoms with Gasteiger partial charge in [0.2, 0.25) is 5.91 Å². The molecule has 0 spiro atoms. The fourth-order valence-corrected chi connectivity index (χ4v) is 3.87. The number of hydrogen-bond acceptors (Lipinski definition) is 4. The van der Waals surface area contributed by atoms with Crippen molar-refractivity contribution in [2.75, 3.05) is 26.7 Å². The number of rotatable bonds is 8. The number of piperidine rings is 1. The first kappa shape index (κ1) is 23.1. The fraction of sp³-hybridized carbons (Fsp3) is 0.320. The van der Waals surface area contributed by atoms with Crippen LogP contribution in [-0.4, -0.2) is 55.4 Å². The highest BCUT2D eigenvalue weighted by Gasteiger charge is 2.34. The number of carbonyl (C=O) groups excluding carboxylic acids is 3. The quantitative estimate of drug-likeness (QED) is 0.624. The number of nitrogens with zero attached hydrogens (tertiary/aromatic N) is 1. The Hall–Kier alpha value is -3.61. The van der Waals surface area contributed by atoms with Gasteiger partial charge in [-0.3, -0.25) is 14.4 Å². The molecule has 1 fully saturated rings. The second-order valence-corrected chi connectivity index (χ2v) is 7.71. The second kappa shape index (κ2) is 11.1. The number of methoxy groups -OCH3 is 1. The van der Waals surface area contributed by atoms with E-state index in [-0.39, 0.29) is 23.6 Å². The molecular weight excluding hydrogens is 406 g/mol. The molecule has 1 saturated heterocycles. The standard InChI is InChI=1S/C25H29N3O4/c1-3-14-26-24(30)22(27-23(29)19-8-5-4-6-9-19)18-12-15-28(16-13-18)25(31)20-10-7-11-21(17-20)32-2/h3-11,17-18,22H,1,12-16H2,2H3,(H,26,30)(H,27,29). The average molecular weight is 436 g/mol. The highest BCUT2D eigenvalue weighted by Crippen LogP contribution is 2.24. The Morgan fingerprint density at radius 2 is 1.78 bits per heavy atom. The van der Waals surface area contributed by atoms with Crippen LogP contribution in [0.4, 0.5) is 0 Å². The van der Waals surface area contributed by atoms with E-state index in [0.29, 0.717) is 49.4 Å². The molecule has 0 saturated carbocycles. The van der Waals surface area contributed by atoms with Crippen LogP contribution >= 0.6 is 0 Å². The van der Waals surface area contributed by atoms with Gasteiger partial charge in [-0.1, -0.05) is 30.3 Å². The van der Waals surface area contributed by atoms with Gasteiger partial charge < -0.3 is 20.3 Å². The molecule has 7 nitrogen and oxygen atoms in total. The summed E-state index contributed by atoms with van der Waals surface area (Å²) in [5, 5.41) is 5.69. The van der Waals surface area contributed by atoms with Crippen molar-refractivity contribution in [1.29, 1.82) is 0 Å². The molecule has 2 aromatic rings. The maximum Gasteiger partial charge on any atom is 0.253 e. The predicted molar refractivity (Wildman–Crippen MR) is 123 cm³/mol. The van der Waals surface area contributed by atoms with Crippen LogP contribution in [0.3, 0.4) is 0 Å². The molecule has 1 heterocycles. The van der Waals surface area contributed by atoms with Gasteiger partial charge in [0, 0.05) is 30.8 Å². The molecule has 0 aliphatic carbocycles. The molecule has 2 aromatic carbocycles. The van der Waals surface area contributed by atoms with E-state index in [4.69, 9.17) is 4.74 Å². The summed E-state index contributed by atoms with van der Waals surface area (Å²) >= 11 is 0. The highest BCUT2D eigenvalue weighted by molar-refractivity contribution is 5.97. The molecule has 1 unspecified atom stereocenters. The molecular formula is C25H29N3O4. The largest absolute Gasteiger partial charge is 0.497 e. The van der Waals surface area contributed by atoms with E-state index < -0.39 is 6.04 Å². The van der Waals surface area contributed by atoms with Crippen LogP contribution < -0.4 is 15.4 Å². The monoisotopic (exact) mass is 435 g/mol. The molecule has 1 aliphatic rings. The third kappa shape index (κ3) is 5.75. The zero-order valence-corrected chi connectivity index (χ0v) is 18.3. The maximum absolute atomic E-state index is 12.9. The van der Waals surface area contributed by atoms with E-state index in [0.717, 1.165) is 0 Å². The minimum atomic E-state index is -0.684. The summed E-state index contributed by atoms with van der Waals surface area (Å²) in [6.07, 6.45) is 2.82. The van der Waals surface area contributed by atoms with Crippen molar-refractivity contribution < 1.29 is 19.1 Å². The molecule has 7 heteroatoms. The second-order valence-electron chi connectivity index (χ2n) is 7.71. The highest BCUT2D eigenvalue weighted by atomic mass is 16.5. The Labute approximate surface area is 188 Å². The molecule has 3 rings (SSSR count). The average Bonchev–Trinajstić information content (AvgIpc) is 2.86. The first-order valence-corrected chi connectivity index (χ1v) is 10.7. The summed E-state index contributed by atoms with van der Waals surface area (Å²) < 4.78 is 5.21. The van der Waals surface area contributed by atoms with Crippen molar-refractivity contribution in [3.05, 3.63) is 78.4 Å². The Morgan fingerprint density at radius 3 is 2.44 bits per heavy atom. The zero-order valence-electron chi connectivity index (χ0n) is 18.3. The van der Waals surface area contributed by atoms with E-state index in [1.807, 2.05) is 6.07 Å². The molecule has 2 N–H and O–H groups in total. The van der Waals surface area contributed by atoms with Gasteiger partial charge in [-0.2, -0.15) is 0 Å². The summed E-state index contributed by atoms with van der Waals surface area (Å²) in [4.78, 5) is 40.2. The lowest BCUT2D eigenvalue weighted by molar-refractivity contribution is -0.124. The van der Waals surface area contributed by atoms with E-state index >= 15 is 0 Å². The van der Waals surface area contributed by atoms with Gasteiger partial charge in [0.15, 0.2) is 0 Å². The first-order valence-electron chi connectivity index (χ1n) is 10.7. The number of nitrogens with one attached hydrogen (secondary N) is 2. The van der Waals surface area contributed by atoms with Gasteiger partial charge in [-0.05, 0) is 49.1 Å². The van der Waals surface area contributed by atoms with Gasteiger partial charge in [0.25, 0.3) is 11.8 Å². The van der Waals surface area contributed by atoms with Crippen molar-refractivity contribution in [2.24, 2.45) is 5.92 Å². The Morgan fingerprint density at radius 1 is 1.09 bits per heavy atom. The smallest absolute Gasteiger partial charge is 0.253 e. The zero-order chi connectivity index (χ0) is 22.9. The molecule has 1 atom stereocenters. The van der Waals surface area contributed by atoms with Gasteiger partial charge in [-0.15, -0.1) is 6.58 Å². The van der Waals surface area contributed by atoms with Crippen molar-refractivity contribution in [2.45, 2.75) is 18.9 Å². The molecule has 3 amide bonds. The number of likely N-dealkylation sites (tertiary alicyclic amines) is 1. The summed E-state index contributed by atoms with van der Waals surface area (Å²) in [6, 6.07) is 15.2. The van der Waals surface area contributed by atoms with E-state index in [1.54, 1.807) is 66.6 Å². The molecule has 0 bridgehead atoms. The minimum absolute atomic E-state index is 0.0664. The van der Waals surface area contributed by atoms with Gasteiger partial charge in [0.05, 0.1) is 7.11 Å². The first-order chi connectivity index (χ1) is 15.5. The summed E-state index contributed by atoms with van der Waals surface area (Å²) in [6.45, 7) is 4.97. The SMILES string of the molecule is C=CCNC(=O)C(NC(=O)c1ccccc1)C1CCN(C(=O)c2cccc(OC)c2)CC1. The van der Waals surface area contributed by atoms with E-state index in [9.17, 15) is 14.4 Å². The molecule has 32 heavy (non-hydrogen) atoms. The minimum Gasteiger partial charge on any atom is -0.497 e. The number of hydrogen-bond donors (Lipinski definition) is 2. The van der Waals surface area contributed by atoms with Crippen molar-refractivity contribution in [3.8, 4) is 5.75 Å². The maximum atomic E-state index is 12.9. The fourth-order valence-electron chi connectivity index (χ4n) is 3.87. The van der Waals surface area contributed by atoms with Crippen LogP contribution in [0.5, 0.6) is 5.75 Å². The van der Waals surface area contributed by atoms with E-state index in [1.165, 1.54) is 0 Å². The lowest BCUT2D eigenvalue weighted by atomic mass is 9.88. The lowest BCUT2D eigenvalue weighted by Gasteiger charge is -2.36. The van der Waals surface area contributed by atoms with Crippen LogP contribution in [-0.2, 0) is 4.79 Å². The molecule has 0 radical (unpaired) electrons. The Balaban J connectivity index is 1.67. The number of amides is 3. The van der Waals surface area contributed by atoms with Crippen LogP contribution in [0.1, 0.15) is 33.6 Å². The third-order valence-electron chi connectivity index (χ3n) is 5.64. The molecule has 168 valence electrons. The molecule has 1 aliphatic heterocycles. The van der Waals surface area contributed by atoms with Crippen LogP contribution in [0, 0.1) is 5.92 Å².